The van der Waals surface area contributed by atoms with Crippen LogP contribution in [0.25, 0.3) is 16.9 Å². The van der Waals surface area contributed by atoms with E-state index in [0.29, 0.717) is 0 Å². The minimum absolute atomic E-state index is 0.802. The van der Waals surface area contributed by atoms with Crippen LogP contribution >= 0.6 is 23.1 Å². The highest BCUT2D eigenvalue weighted by Gasteiger charge is 2.08. The number of thiophene rings is 1. The Morgan fingerprint density at radius 3 is 3.09 bits per heavy atom. The number of hydrogen-bond donors (Lipinski definition) is 1. The Morgan fingerprint density at radius 1 is 1.27 bits per heavy atom. The molecular formula is C16H14N4S2. The summed E-state index contributed by atoms with van der Waals surface area (Å²) in [5.74, 6) is 0.859. The van der Waals surface area contributed by atoms with Gasteiger partial charge in [-0.1, -0.05) is 12.2 Å². The zero-order chi connectivity index (χ0) is 14.8. The monoisotopic (exact) mass is 326 g/mol. The Balaban J connectivity index is 1.59. The normalized spacial score (nSPS) is 14.3. The molecule has 1 aliphatic heterocycles. The Morgan fingerprint density at radius 2 is 2.27 bits per heavy atom. The molecule has 1 aliphatic rings. The van der Waals surface area contributed by atoms with Crippen molar-refractivity contribution in [2.24, 2.45) is 0 Å². The summed E-state index contributed by atoms with van der Waals surface area (Å²) in [6.07, 6.45) is 7.29. The lowest BCUT2D eigenvalue weighted by Gasteiger charge is -2.10. The minimum atomic E-state index is 0.802. The first kappa shape index (κ1) is 13.6. The first-order valence-corrected chi connectivity index (χ1v) is 8.84. The maximum absolute atomic E-state index is 4.67. The highest BCUT2D eigenvalue weighted by Crippen LogP contribution is 2.24. The quantitative estimate of drug-likeness (QED) is 0.771. The number of imidazole rings is 1. The van der Waals surface area contributed by atoms with Crippen LogP contribution < -0.4 is 5.32 Å². The van der Waals surface area contributed by atoms with E-state index in [9.17, 15) is 0 Å². The third-order valence-electron chi connectivity index (χ3n) is 3.42. The van der Waals surface area contributed by atoms with Crippen LogP contribution in [0.2, 0.25) is 0 Å². The fourth-order valence-corrected chi connectivity index (χ4v) is 3.68. The second kappa shape index (κ2) is 5.98. The molecule has 0 atom stereocenters. The van der Waals surface area contributed by atoms with Crippen molar-refractivity contribution in [3.8, 4) is 11.3 Å². The molecule has 4 nitrogen and oxygen atoms in total. The molecule has 110 valence electrons. The van der Waals surface area contributed by atoms with Crippen LogP contribution in [0.1, 0.15) is 6.42 Å². The van der Waals surface area contributed by atoms with Gasteiger partial charge < -0.3 is 5.32 Å². The molecule has 0 saturated heterocycles. The van der Waals surface area contributed by atoms with Crippen LogP contribution in [-0.4, -0.2) is 21.1 Å². The standard InChI is InChI=1S/C16H14N4S2/c1-2-7-22-13(3-1)9-17-15-4-5-16-18-10-14(20(16)19-15)12-6-8-21-11-12/h2-8,10-11H,1,9H2,(H,17,19). The Labute approximate surface area is 136 Å². The van der Waals surface area contributed by atoms with Gasteiger partial charge in [0.2, 0.25) is 0 Å². The van der Waals surface area contributed by atoms with E-state index in [1.54, 1.807) is 23.1 Å². The number of nitrogens with zero attached hydrogens (tertiary/aromatic N) is 3. The molecule has 3 aromatic heterocycles. The fraction of sp³-hybridized carbons (Fsp3) is 0.125. The molecule has 0 bridgehead atoms. The summed E-state index contributed by atoms with van der Waals surface area (Å²) in [4.78, 5) is 5.75. The number of nitrogens with one attached hydrogen (secondary N) is 1. The first-order chi connectivity index (χ1) is 10.9. The predicted molar refractivity (Wildman–Crippen MR) is 94.2 cm³/mol. The molecule has 0 spiro atoms. The number of anilines is 1. The van der Waals surface area contributed by atoms with Gasteiger partial charge in [-0.2, -0.15) is 11.3 Å². The number of thioether (sulfide) groups is 1. The van der Waals surface area contributed by atoms with Crippen molar-refractivity contribution in [2.75, 3.05) is 11.9 Å². The zero-order valence-corrected chi connectivity index (χ0v) is 13.4. The van der Waals surface area contributed by atoms with Crippen LogP contribution in [0, 0.1) is 0 Å². The average molecular weight is 326 g/mol. The Kier molecular flexibility index (Phi) is 3.70. The highest BCUT2D eigenvalue weighted by atomic mass is 32.2. The number of hydrogen-bond acceptors (Lipinski definition) is 5. The van der Waals surface area contributed by atoms with Gasteiger partial charge in [0.15, 0.2) is 5.65 Å². The molecule has 0 radical (unpaired) electrons. The lowest BCUT2D eigenvalue weighted by molar-refractivity contribution is 0.941. The van der Waals surface area contributed by atoms with E-state index >= 15 is 0 Å². The maximum Gasteiger partial charge on any atom is 0.154 e. The molecule has 0 amide bonds. The summed E-state index contributed by atoms with van der Waals surface area (Å²) in [5, 5.41) is 14.4. The second-order valence-corrected chi connectivity index (χ2v) is 6.71. The third-order valence-corrected chi connectivity index (χ3v) is 5.05. The number of allylic oxidation sites excluding steroid dienone is 2. The number of aromatic nitrogens is 3. The van der Waals surface area contributed by atoms with Crippen molar-refractivity contribution >= 4 is 34.6 Å². The molecule has 22 heavy (non-hydrogen) atoms. The van der Waals surface area contributed by atoms with E-state index < -0.39 is 0 Å². The molecule has 0 unspecified atom stereocenters. The molecule has 3 aromatic rings. The Hall–Kier alpha value is -2.05. The van der Waals surface area contributed by atoms with Gasteiger partial charge in [-0.3, -0.25) is 0 Å². The molecular weight excluding hydrogens is 312 g/mol. The van der Waals surface area contributed by atoms with Gasteiger partial charge in [0, 0.05) is 22.4 Å². The second-order valence-electron chi connectivity index (χ2n) is 4.89. The van der Waals surface area contributed by atoms with Crippen LogP contribution in [0.5, 0.6) is 0 Å². The maximum atomic E-state index is 4.67. The first-order valence-electron chi connectivity index (χ1n) is 7.02. The molecule has 4 heterocycles. The largest absolute Gasteiger partial charge is 0.364 e. The van der Waals surface area contributed by atoms with Crippen LogP contribution in [0.15, 0.2) is 57.6 Å². The molecule has 4 rings (SSSR count). The molecule has 0 aromatic carbocycles. The lowest BCUT2D eigenvalue weighted by atomic mass is 10.3. The van der Waals surface area contributed by atoms with E-state index in [0.717, 1.165) is 35.7 Å². The van der Waals surface area contributed by atoms with Crippen molar-refractivity contribution in [1.82, 2.24) is 14.6 Å². The fourth-order valence-electron chi connectivity index (χ4n) is 2.30. The van der Waals surface area contributed by atoms with Crippen LogP contribution in [-0.2, 0) is 0 Å². The van der Waals surface area contributed by atoms with Gasteiger partial charge >= 0.3 is 0 Å². The molecule has 0 saturated carbocycles. The number of rotatable bonds is 4. The summed E-state index contributed by atoms with van der Waals surface area (Å²) >= 11 is 3.44. The summed E-state index contributed by atoms with van der Waals surface area (Å²) in [5.41, 5.74) is 3.04. The van der Waals surface area contributed by atoms with E-state index in [-0.39, 0.29) is 0 Å². The average Bonchev–Trinajstić information content (AvgIpc) is 3.22. The van der Waals surface area contributed by atoms with Crippen molar-refractivity contribution in [3.63, 3.8) is 0 Å². The molecule has 1 N–H and O–H groups in total. The van der Waals surface area contributed by atoms with Crippen LogP contribution in [0.4, 0.5) is 5.82 Å². The number of fused-ring (bicyclic) bond motifs is 1. The molecule has 6 heteroatoms. The van der Waals surface area contributed by atoms with Gasteiger partial charge in [-0.25, -0.2) is 9.50 Å². The topological polar surface area (TPSA) is 42.2 Å². The van der Waals surface area contributed by atoms with Gasteiger partial charge in [0.05, 0.1) is 11.9 Å². The Bertz CT molecular complexity index is 846. The van der Waals surface area contributed by atoms with Crippen molar-refractivity contribution in [2.45, 2.75) is 6.42 Å². The predicted octanol–water partition coefficient (Wildman–Crippen LogP) is 4.40. The highest BCUT2D eigenvalue weighted by molar-refractivity contribution is 8.05. The smallest absolute Gasteiger partial charge is 0.154 e. The SMILES string of the molecule is C1=CSC(CNc2ccc3ncc(-c4ccsc4)n3n2)=CC1. The summed E-state index contributed by atoms with van der Waals surface area (Å²) in [6, 6.07) is 6.06. The summed E-state index contributed by atoms with van der Waals surface area (Å²) < 4.78 is 1.90. The van der Waals surface area contributed by atoms with E-state index in [2.05, 4.69) is 49.8 Å². The summed E-state index contributed by atoms with van der Waals surface area (Å²) in [6.45, 7) is 0.802. The summed E-state index contributed by atoms with van der Waals surface area (Å²) in [7, 11) is 0. The van der Waals surface area contributed by atoms with E-state index in [4.69, 9.17) is 0 Å². The third kappa shape index (κ3) is 2.67. The van der Waals surface area contributed by atoms with Crippen LogP contribution in [0.3, 0.4) is 0 Å². The van der Waals surface area contributed by atoms with Gasteiger partial charge in [0.25, 0.3) is 0 Å². The van der Waals surface area contributed by atoms with Crippen molar-refractivity contribution < 1.29 is 0 Å². The van der Waals surface area contributed by atoms with Gasteiger partial charge in [-0.05, 0) is 35.4 Å². The minimum Gasteiger partial charge on any atom is -0.364 e. The van der Waals surface area contributed by atoms with E-state index in [1.807, 2.05) is 22.8 Å². The van der Waals surface area contributed by atoms with Crippen molar-refractivity contribution in [3.05, 3.63) is 57.6 Å². The van der Waals surface area contributed by atoms with Gasteiger partial charge in [0.1, 0.15) is 5.82 Å². The molecule has 0 aliphatic carbocycles. The zero-order valence-electron chi connectivity index (χ0n) is 11.8. The molecule has 0 fully saturated rings. The van der Waals surface area contributed by atoms with E-state index in [1.165, 1.54) is 4.91 Å². The van der Waals surface area contributed by atoms with Crippen molar-refractivity contribution in [1.29, 1.82) is 0 Å². The lowest BCUT2D eigenvalue weighted by Crippen LogP contribution is -2.07. The van der Waals surface area contributed by atoms with Gasteiger partial charge in [-0.15, -0.1) is 16.9 Å².